The summed E-state index contributed by atoms with van der Waals surface area (Å²) in [5.41, 5.74) is 4.12. The molecule has 0 amide bonds. The van der Waals surface area contributed by atoms with Crippen molar-refractivity contribution in [1.82, 2.24) is 24.6 Å². The number of hydrogen-bond donors (Lipinski definition) is 0. The Morgan fingerprint density at radius 1 is 1.04 bits per heavy atom. The highest BCUT2D eigenvalue weighted by atomic mass is 35.5. The molecule has 124 valence electrons. The van der Waals surface area contributed by atoms with Gasteiger partial charge in [-0.25, -0.2) is 4.98 Å². The number of halogens is 1. The van der Waals surface area contributed by atoms with Gasteiger partial charge >= 0.3 is 0 Å². The van der Waals surface area contributed by atoms with Crippen LogP contribution in [-0.4, -0.2) is 45.3 Å². The van der Waals surface area contributed by atoms with Crippen molar-refractivity contribution in [2.75, 3.05) is 20.6 Å². The molecular weight excluding hydrogens is 322 g/mol. The van der Waals surface area contributed by atoms with Crippen LogP contribution in [0, 0.1) is 0 Å². The molecule has 0 unspecified atom stereocenters. The molecule has 0 aliphatic rings. The Bertz CT molecular complexity index is 812. The van der Waals surface area contributed by atoms with Crippen molar-refractivity contribution in [2.45, 2.75) is 13.0 Å². The van der Waals surface area contributed by atoms with Crippen LogP contribution in [0.2, 0.25) is 5.15 Å². The zero-order chi connectivity index (χ0) is 16.9. The van der Waals surface area contributed by atoms with Gasteiger partial charge in [-0.1, -0.05) is 11.6 Å². The first-order valence-corrected chi connectivity index (χ1v) is 8.24. The van der Waals surface area contributed by atoms with Crippen LogP contribution in [0.15, 0.2) is 49.2 Å². The molecule has 0 spiro atoms. The fraction of sp³-hybridized carbons (Fsp3) is 0.278. The number of rotatable bonds is 6. The fourth-order valence-electron chi connectivity index (χ4n) is 2.52. The van der Waals surface area contributed by atoms with Crippen molar-refractivity contribution in [2.24, 2.45) is 0 Å². The fourth-order valence-corrected chi connectivity index (χ4v) is 2.70. The molecule has 0 radical (unpaired) electrons. The van der Waals surface area contributed by atoms with Gasteiger partial charge < -0.3 is 4.90 Å². The third kappa shape index (κ3) is 4.19. The summed E-state index contributed by atoms with van der Waals surface area (Å²) in [6.45, 7) is 1.96. The Morgan fingerprint density at radius 2 is 1.83 bits per heavy atom. The maximum absolute atomic E-state index is 5.98. The summed E-state index contributed by atoms with van der Waals surface area (Å²) in [7, 11) is 4.16. The molecule has 0 aromatic carbocycles. The average Bonchev–Trinajstić information content (AvgIpc) is 3.04. The molecular formula is C18H20ClN5. The van der Waals surface area contributed by atoms with Gasteiger partial charge in [-0.2, -0.15) is 5.10 Å². The van der Waals surface area contributed by atoms with E-state index in [1.165, 1.54) is 0 Å². The lowest BCUT2D eigenvalue weighted by Crippen LogP contribution is -2.15. The highest BCUT2D eigenvalue weighted by molar-refractivity contribution is 6.29. The first-order valence-electron chi connectivity index (χ1n) is 7.86. The van der Waals surface area contributed by atoms with Gasteiger partial charge in [0, 0.05) is 48.0 Å². The molecule has 0 fully saturated rings. The minimum Gasteiger partial charge on any atom is -0.309 e. The van der Waals surface area contributed by atoms with Crippen LogP contribution in [0.4, 0.5) is 0 Å². The van der Waals surface area contributed by atoms with E-state index in [1.807, 2.05) is 35.4 Å². The Morgan fingerprint density at radius 3 is 2.58 bits per heavy atom. The van der Waals surface area contributed by atoms with E-state index >= 15 is 0 Å². The first-order chi connectivity index (χ1) is 11.6. The van der Waals surface area contributed by atoms with Crippen molar-refractivity contribution in [1.29, 1.82) is 0 Å². The van der Waals surface area contributed by atoms with Crippen LogP contribution < -0.4 is 0 Å². The number of nitrogens with zero attached hydrogens (tertiary/aromatic N) is 5. The Kier molecular flexibility index (Phi) is 5.23. The number of hydrogen-bond acceptors (Lipinski definition) is 4. The second kappa shape index (κ2) is 7.55. The third-order valence-electron chi connectivity index (χ3n) is 3.76. The maximum Gasteiger partial charge on any atom is 0.129 e. The highest BCUT2D eigenvalue weighted by Crippen LogP contribution is 2.25. The van der Waals surface area contributed by atoms with Gasteiger partial charge in [0.25, 0.3) is 0 Å². The van der Waals surface area contributed by atoms with Crippen molar-refractivity contribution < 1.29 is 0 Å². The Balaban J connectivity index is 1.78. The second-order valence-corrected chi connectivity index (χ2v) is 6.37. The van der Waals surface area contributed by atoms with Gasteiger partial charge in [-0.3, -0.25) is 9.67 Å². The predicted octanol–water partition coefficient (Wildman–Crippen LogP) is 3.61. The van der Waals surface area contributed by atoms with Crippen molar-refractivity contribution in [3.05, 3.63) is 54.3 Å². The largest absolute Gasteiger partial charge is 0.309 e. The van der Waals surface area contributed by atoms with E-state index in [2.05, 4.69) is 46.3 Å². The van der Waals surface area contributed by atoms with Crippen LogP contribution in [0.1, 0.15) is 6.42 Å². The van der Waals surface area contributed by atoms with Crippen molar-refractivity contribution >= 4 is 11.6 Å². The van der Waals surface area contributed by atoms with E-state index in [4.69, 9.17) is 11.6 Å². The lowest BCUT2D eigenvalue weighted by atomic mass is 10.1. The molecule has 3 rings (SSSR count). The van der Waals surface area contributed by atoms with Gasteiger partial charge in [-0.15, -0.1) is 0 Å². The standard InChI is InChI=1S/C18H20ClN5/c1-23(2)6-3-7-24-13-17(12-22-24)16-8-15(10-20-11-16)14-4-5-21-18(19)9-14/h4-5,8-13H,3,6-7H2,1-2H3. The molecule has 0 saturated carbocycles. The zero-order valence-electron chi connectivity index (χ0n) is 13.9. The first kappa shape index (κ1) is 16.6. The van der Waals surface area contributed by atoms with E-state index < -0.39 is 0 Å². The monoisotopic (exact) mass is 341 g/mol. The van der Waals surface area contributed by atoms with Crippen LogP contribution in [-0.2, 0) is 6.54 Å². The van der Waals surface area contributed by atoms with Gasteiger partial charge in [0.05, 0.1) is 6.20 Å². The minimum absolute atomic E-state index is 0.478. The molecule has 3 aromatic heterocycles. The van der Waals surface area contributed by atoms with Gasteiger partial charge in [0.2, 0.25) is 0 Å². The van der Waals surface area contributed by atoms with Gasteiger partial charge in [-0.05, 0) is 50.8 Å². The Labute approximate surface area is 146 Å². The molecule has 3 aromatic rings. The van der Waals surface area contributed by atoms with Gasteiger partial charge in [0.15, 0.2) is 0 Å². The highest BCUT2D eigenvalue weighted by Gasteiger charge is 2.06. The molecule has 0 bridgehead atoms. The second-order valence-electron chi connectivity index (χ2n) is 5.98. The summed E-state index contributed by atoms with van der Waals surface area (Å²) < 4.78 is 1.98. The molecule has 0 saturated heterocycles. The number of aryl methyl sites for hydroxylation is 1. The average molecular weight is 342 g/mol. The van der Waals surface area contributed by atoms with Crippen LogP contribution >= 0.6 is 11.6 Å². The quantitative estimate of drug-likeness (QED) is 0.642. The van der Waals surface area contributed by atoms with Crippen molar-refractivity contribution in [3.63, 3.8) is 0 Å². The van der Waals surface area contributed by atoms with Crippen LogP contribution in [0.25, 0.3) is 22.3 Å². The molecule has 24 heavy (non-hydrogen) atoms. The molecule has 0 aliphatic heterocycles. The summed E-state index contributed by atoms with van der Waals surface area (Å²) in [6.07, 6.45) is 10.4. The molecule has 0 aliphatic carbocycles. The third-order valence-corrected chi connectivity index (χ3v) is 3.96. The summed E-state index contributed by atoms with van der Waals surface area (Å²) in [5.74, 6) is 0. The molecule has 5 nitrogen and oxygen atoms in total. The van der Waals surface area contributed by atoms with Crippen LogP contribution in [0.3, 0.4) is 0 Å². The molecule has 6 heteroatoms. The lowest BCUT2D eigenvalue weighted by molar-refractivity contribution is 0.380. The van der Waals surface area contributed by atoms with Gasteiger partial charge in [0.1, 0.15) is 5.15 Å². The normalized spacial score (nSPS) is 11.2. The van der Waals surface area contributed by atoms with E-state index in [9.17, 15) is 0 Å². The smallest absolute Gasteiger partial charge is 0.129 e. The summed E-state index contributed by atoms with van der Waals surface area (Å²) in [6, 6.07) is 5.87. The Hall–Kier alpha value is -2.24. The van der Waals surface area contributed by atoms with Crippen molar-refractivity contribution in [3.8, 4) is 22.3 Å². The lowest BCUT2D eigenvalue weighted by Gasteiger charge is -2.08. The number of pyridine rings is 2. The topological polar surface area (TPSA) is 46.8 Å². The van der Waals surface area contributed by atoms with Crippen LogP contribution in [0.5, 0.6) is 0 Å². The van der Waals surface area contributed by atoms with E-state index in [0.29, 0.717) is 5.15 Å². The van der Waals surface area contributed by atoms with E-state index in [0.717, 1.165) is 41.8 Å². The number of aromatic nitrogens is 4. The summed E-state index contributed by atoms with van der Waals surface area (Å²) in [5, 5.41) is 4.92. The zero-order valence-corrected chi connectivity index (χ0v) is 14.6. The summed E-state index contributed by atoms with van der Waals surface area (Å²) >= 11 is 5.98. The minimum atomic E-state index is 0.478. The maximum atomic E-state index is 5.98. The van der Waals surface area contributed by atoms with E-state index in [-0.39, 0.29) is 0 Å². The van der Waals surface area contributed by atoms with E-state index in [1.54, 1.807) is 6.20 Å². The summed E-state index contributed by atoms with van der Waals surface area (Å²) in [4.78, 5) is 10.6. The molecule has 0 N–H and O–H groups in total. The molecule has 3 heterocycles. The SMILES string of the molecule is CN(C)CCCn1cc(-c2cncc(-c3ccnc(Cl)c3)c2)cn1. The predicted molar refractivity (Wildman–Crippen MR) is 96.9 cm³/mol. The molecule has 0 atom stereocenters.